The lowest BCUT2D eigenvalue weighted by atomic mass is 10.1. The number of nitrogens with zero attached hydrogens (tertiary/aromatic N) is 4. The Morgan fingerprint density at radius 3 is 3.12 bits per heavy atom. The van der Waals surface area contributed by atoms with E-state index in [0.29, 0.717) is 31.7 Å². The average Bonchev–Trinajstić information content (AvgIpc) is 3.10. The van der Waals surface area contributed by atoms with Crippen LogP contribution in [0.2, 0.25) is 0 Å². The van der Waals surface area contributed by atoms with E-state index >= 15 is 0 Å². The lowest BCUT2D eigenvalue weighted by Crippen LogP contribution is -2.37. The molecular weight excluding hydrogens is 324 g/mol. The SMILES string of the molecule is C[C@H]1COCCOc2cncc(n2)CCCCN1Cc1cscn1. The minimum absolute atomic E-state index is 0.354. The van der Waals surface area contributed by atoms with Crippen LogP contribution in [0.5, 0.6) is 5.88 Å². The topological polar surface area (TPSA) is 60.4 Å². The Balaban J connectivity index is 1.62. The molecule has 0 radical (unpaired) electrons. The summed E-state index contributed by atoms with van der Waals surface area (Å²) in [6, 6.07) is 0.354. The van der Waals surface area contributed by atoms with Gasteiger partial charge in [-0.25, -0.2) is 9.97 Å². The summed E-state index contributed by atoms with van der Waals surface area (Å²) in [6.45, 7) is 5.87. The summed E-state index contributed by atoms with van der Waals surface area (Å²) in [6.07, 6.45) is 6.61. The first kappa shape index (κ1) is 17.3. The number of thiazole rings is 1. The van der Waals surface area contributed by atoms with Crippen LogP contribution in [-0.2, 0) is 17.7 Å². The summed E-state index contributed by atoms with van der Waals surface area (Å²) in [7, 11) is 0. The van der Waals surface area contributed by atoms with Crippen molar-refractivity contribution in [2.45, 2.75) is 38.8 Å². The monoisotopic (exact) mass is 348 g/mol. The van der Waals surface area contributed by atoms with Crippen LogP contribution in [0.1, 0.15) is 31.2 Å². The number of hydrogen-bond acceptors (Lipinski definition) is 7. The molecule has 3 heterocycles. The summed E-state index contributed by atoms with van der Waals surface area (Å²) in [5.74, 6) is 0.589. The zero-order valence-electron chi connectivity index (χ0n) is 14.1. The molecule has 1 aliphatic rings. The number of fused-ring (bicyclic) bond motifs is 2. The molecule has 0 aliphatic carbocycles. The van der Waals surface area contributed by atoms with Crippen molar-refractivity contribution in [2.24, 2.45) is 0 Å². The molecular formula is C17H24N4O2S. The molecule has 130 valence electrons. The van der Waals surface area contributed by atoms with Gasteiger partial charge < -0.3 is 9.47 Å². The van der Waals surface area contributed by atoms with Crippen molar-refractivity contribution in [1.82, 2.24) is 19.9 Å². The van der Waals surface area contributed by atoms with Crippen LogP contribution in [0, 0.1) is 0 Å². The van der Waals surface area contributed by atoms with Gasteiger partial charge in [0, 0.05) is 24.2 Å². The Labute approximate surface area is 146 Å². The third-order valence-electron chi connectivity index (χ3n) is 4.10. The Bertz CT molecular complexity index is 608. The van der Waals surface area contributed by atoms with Crippen molar-refractivity contribution in [1.29, 1.82) is 0 Å². The van der Waals surface area contributed by atoms with E-state index in [2.05, 4.69) is 32.2 Å². The fraction of sp³-hybridized carbons (Fsp3) is 0.588. The first-order valence-corrected chi connectivity index (χ1v) is 9.38. The maximum absolute atomic E-state index is 5.78. The molecule has 0 amide bonds. The van der Waals surface area contributed by atoms with Crippen LogP contribution in [0.4, 0.5) is 0 Å². The minimum atomic E-state index is 0.354. The van der Waals surface area contributed by atoms with Gasteiger partial charge in [0.05, 0.1) is 36.3 Å². The van der Waals surface area contributed by atoms with Gasteiger partial charge in [-0.3, -0.25) is 9.88 Å². The van der Waals surface area contributed by atoms with E-state index in [1.54, 1.807) is 17.5 Å². The Kier molecular flexibility index (Phi) is 6.51. The van der Waals surface area contributed by atoms with Crippen molar-refractivity contribution >= 4 is 11.3 Å². The molecule has 24 heavy (non-hydrogen) atoms. The molecule has 3 rings (SSSR count). The van der Waals surface area contributed by atoms with Gasteiger partial charge in [0.15, 0.2) is 0 Å². The molecule has 1 aliphatic heterocycles. The second-order valence-electron chi connectivity index (χ2n) is 6.03. The summed E-state index contributed by atoms with van der Waals surface area (Å²) < 4.78 is 11.4. The molecule has 0 spiro atoms. The number of ether oxygens (including phenoxy) is 2. The third kappa shape index (κ3) is 5.22. The highest BCUT2D eigenvalue weighted by Crippen LogP contribution is 2.13. The second kappa shape index (κ2) is 9.05. The largest absolute Gasteiger partial charge is 0.474 e. The van der Waals surface area contributed by atoms with Crippen LogP contribution in [0.25, 0.3) is 0 Å². The average molecular weight is 348 g/mol. The smallest absolute Gasteiger partial charge is 0.232 e. The zero-order chi connectivity index (χ0) is 16.6. The van der Waals surface area contributed by atoms with E-state index in [4.69, 9.17) is 9.47 Å². The van der Waals surface area contributed by atoms with Crippen LogP contribution in [-0.4, -0.2) is 52.3 Å². The number of aromatic nitrogens is 3. The van der Waals surface area contributed by atoms with Gasteiger partial charge >= 0.3 is 0 Å². The number of rotatable bonds is 2. The van der Waals surface area contributed by atoms with E-state index in [-0.39, 0.29) is 0 Å². The van der Waals surface area contributed by atoms with Crippen molar-refractivity contribution < 1.29 is 9.47 Å². The van der Waals surface area contributed by atoms with Gasteiger partial charge in [0.2, 0.25) is 5.88 Å². The molecule has 0 fully saturated rings. The molecule has 0 N–H and O–H groups in total. The van der Waals surface area contributed by atoms with Gasteiger partial charge in [0.1, 0.15) is 6.61 Å². The lowest BCUT2D eigenvalue weighted by Gasteiger charge is -2.28. The Hall–Kier alpha value is -1.57. The number of aryl methyl sites for hydroxylation is 1. The highest BCUT2D eigenvalue weighted by molar-refractivity contribution is 7.07. The van der Waals surface area contributed by atoms with Gasteiger partial charge in [-0.15, -0.1) is 11.3 Å². The first-order valence-electron chi connectivity index (χ1n) is 8.44. The molecule has 2 aromatic heterocycles. The quantitative estimate of drug-likeness (QED) is 0.831. The Morgan fingerprint density at radius 1 is 1.29 bits per heavy atom. The van der Waals surface area contributed by atoms with Gasteiger partial charge in [-0.05, 0) is 32.7 Å². The fourth-order valence-corrected chi connectivity index (χ4v) is 3.29. The minimum Gasteiger partial charge on any atom is -0.474 e. The van der Waals surface area contributed by atoms with Crippen LogP contribution < -0.4 is 4.74 Å². The maximum Gasteiger partial charge on any atom is 0.232 e. The van der Waals surface area contributed by atoms with Gasteiger partial charge in [-0.2, -0.15) is 0 Å². The third-order valence-corrected chi connectivity index (χ3v) is 4.73. The predicted molar refractivity (Wildman–Crippen MR) is 93.3 cm³/mol. The van der Waals surface area contributed by atoms with E-state index < -0.39 is 0 Å². The van der Waals surface area contributed by atoms with E-state index in [0.717, 1.165) is 43.7 Å². The summed E-state index contributed by atoms with van der Waals surface area (Å²) >= 11 is 1.65. The molecule has 2 bridgehead atoms. The van der Waals surface area contributed by atoms with Crippen molar-refractivity contribution in [3.8, 4) is 5.88 Å². The van der Waals surface area contributed by atoms with E-state index in [1.807, 2.05) is 11.7 Å². The summed E-state index contributed by atoms with van der Waals surface area (Å²) in [4.78, 5) is 15.6. The van der Waals surface area contributed by atoms with Crippen LogP contribution in [0.3, 0.4) is 0 Å². The Morgan fingerprint density at radius 2 is 2.25 bits per heavy atom. The second-order valence-corrected chi connectivity index (χ2v) is 6.75. The molecule has 7 heteroatoms. The number of hydrogen-bond donors (Lipinski definition) is 0. The maximum atomic E-state index is 5.78. The molecule has 0 saturated heterocycles. The fourth-order valence-electron chi connectivity index (χ4n) is 2.74. The normalized spacial score (nSPS) is 21.0. The standard InChI is InChI=1S/C17H24N4O2S/c1-14-11-22-6-7-23-17-9-18-8-15(20-17)4-2-3-5-21(14)10-16-12-24-13-19-16/h8-9,12-14H,2-7,10-11H2,1H3/t14-/m0/s1. The predicted octanol–water partition coefficient (Wildman–Crippen LogP) is 2.56. The lowest BCUT2D eigenvalue weighted by molar-refractivity contribution is 0.0452. The summed E-state index contributed by atoms with van der Waals surface area (Å²) in [5.41, 5.74) is 4.02. The van der Waals surface area contributed by atoms with Gasteiger partial charge in [-0.1, -0.05) is 0 Å². The van der Waals surface area contributed by atoms with Crippen molar-refractivity contribution in [3.05, 3.63) is 34.7 Å². The zero-order valence-corrected chi connectivity index (χ0v) is 14.9. The van der Waals surface area contributed by atoms with Crippen LogP contribution in [0.15, 0.2) is 23.3 Å². The van der Waals surface area contributed by atoms with Gasteiger partial charge in [0.25, 0.3) is 0 Å². The molecule has 6 nitrogen and oxygen atoms in total. The molecule has 0 aromatic carbocycles. The highest BCUT2D eigenvalue weighted by atomic mass is 32.1. The first-order chi connectivity index (χ1) is 11.8. The molecule has 0 unspecified atom stereocenters. The molecule has 2 aromatic rings. The van der Waals surface area contributed by atoms with E-state index in [9.17, 15) is 0 Å². The molecule has 1 atom stereocenters. The van der Waals surface area contributed by atoms with Crippen LogP contribution >= 0.6 is 11.3 Å². The molecule has 0 saturated carbocycles. The van der Waals surface area contributed by atoms with E-state index in [1.165, 1.54) is 0 Å². The highest BCUT2D eigenvalue weighted by Gasteiger charge is 2.16. The van der Waals surface area contributed by atoms with Crippen molar-refractivity contribution in [3.63, 3.8) is 0 Å². The summed E-state index contributed by atoms with van der Waals surface area (Å²) in [5, 5.41) is 2.12. The van der Waals surface area contributed by atoms with Crippen molar-refractivity contribution in [2.75, 3.05) is 26.4 Å².